The highest BCUT2D eigenvalue weighted by atomic mass is 32.1. The predicted octanol–water partition coefficient (Wildman–Crippen LogP) is 2.65. The molecule has 124 valence electrons. The molecule has 0 unspecified atom stereocenters. The van der Waals surface area contributed by atoms with Gasteiger partial charge in [-0.2, -0.15) is 0 Å². The average molecular weight is 342 g/mol. The molecule has 4 rings (SSSR count). The number of rotatable bonds is 2. The van der Waals surface area contributed by atoms with Crippen LogP contribution in [0.1, 0.15) is 15.4 Å². The van der Waals surface area contributed by atoms with E-state index in [-0.39, 0.29) is 5.91 Å². The fraction of sp³-hybridized carbons (Fsp3) is 0.353. The van der Waals surface area contributed by atoms with E-state index in [1.807, 2.05) is 35.4 Å². The normalized spacial score (nSPS) is 16.0. The zero-order valence-electron chi connectivity index (χ0n) is 13.7. The fourth-order valence-corrected chi connectivity index (χ4v) is 3.52. The van der Waals surface area contributed by atoms with E-state index in [0.717, 1.165) is 42.3 Å². The van der Waals surface area contributed by atoms with Crippen molar-refractivity contribution < 1.29 is 9.32 Å². The van der Waals surface area contributed by atoms with Gasteiger partial charge < -0.3 is 14.3 Å². The summed E-state index contributed by atoms with van der Waals surface area (Å²) in [6.45, 7) is 5.29. The summed E-state index contributed by atoms with van der Waals surface area (Å²) in [5, 5.41) is 7.91. The molecular weight excluding hydrogens is 324 g/mol. The van der Waals surface area contributed by atoms with Gasteiger partial charge in [0.15, 0.2) is 5.58 Å². The van der Waals surface area contributed by atoms with Gasteiger partial charge in [-0.25, -0.2) is 4.98 Å². The van der Waals surface area contributed by atoms with Gasteiger partial charge in [-0.3, -0.25) is 4.79 Å². The average Bonchev–Trinajstić information content (AvgIpc) is 3.20. The van der Waals surface area contributed by atoms with Crippen molar-refractivity contribution in [3.63, 3.8) is 0 Å². The number of nitrogens with zero attached hydrogens (tertiary/aromatic N) is 4. The molecule has 6 nitrogen and oxygen atoms in total. The van der Waals surface area contributed by atoms with E-state index in [0.29, 0.717) is 16.8 Å². The third kappa shape index (κ3) is 2.70. The maximum atomic E-state index is 12.8. The minimum Gasteiger partial charge on any atom is -0.356 e. The van der Waals surface area contributed by atoms with E-state index in [1.54, 1.807) is 11.3 Å². The maximum absolute atomic E-state index is 12.8. The van der Waals surface area contributed by atoms with Crippen LogP contribution in [0.15, 0.2) is 28.1 Å². The smallest absolute Gasteiger partial charge is 0.253 e. The molecule has 7 heteroatoms. The summed E-state index contributed by atoms with van der Waals surface area (Å²) >= 11 is 1.57. The number of benzene rings is 1. The Labute approximate surface area is 143 Å². The lowest BCUT2D eigenvalue weighted by atomic mass is 10.1. The third-order valence-electron chi connectivity index (χ3n) is 4.37. The molecule has 3 heterocycles. The van der Waals surface area contributed by atoms with E-state index in [1.165, 1.54) is 0 Å². The first-order chi connectivity index (χ1) is 11.6. The van der Waals surface area contributed by atoms with Crippen molar-refractivity contribution >= 4 is 28.2 Å². The predicted molar refractivity (Wildman–Crippen MR) is 93.3 cm³/mol. The van der Waals surface area contributed by atoms with Crippen LogP contribution in [0.25, 0.3) is 22.4 Å². The summed E-state index contributed by atoms with van der Waals surface area (Å²) in [4.78, 5) is 21.4. The standard InChI is InChI=1S/C17H18N4O2S/c1-11-18-14(10-24-11)16-13-9-12(3-4-15(13)23-19-16)17(22)21-7-5-20(2)6-8-21/h3-4,9-10H,5-8H2,1-2H3. The first kappa shape index (κ1) is 15.3. The number of hydrogen-bond donors (Lipinski definition) is 0. The van der Waals surface area contributed by atoms with Crippen LogP contribution in [-0.2, 0) is 0 Å². The Bertz CT molecular complexity index is 893. The van der Waals surface area contributed by atoms with Crippen LogP contribution in [-0.4, -0.2) is 59.1 Å². The lowest BCUT2D eigenvalue weighted by Gasteiger charge is -2.32. The van der Waals surface area contributed by atoms with Gasteiger partial charge >= 0.3 is 0 Å². The molecule has 0 N–H and O–H groups in total. The highest BCUT2D eigenvalue weighted by molar-refractivity contribution is 7.09. The number of carbonyl (C=O) groups excluding carboxylic acids is 1. The Balaban J connectivity index is 1.68. The quantitative estimate of drug-likeness (QED) is 0.716. The Morgan fingerprint density at radius 1 is 1.25 bits per heavy atom. The molecular formula is C17H18N4O2S. The monoisotopic (exact) mass is 342 g/mol. The van der Waals surface area contributed by atoms with Gasteiger partial charge in [-0.1, -0.05) is 5.16 Å². The molecule has 1 aliphatic heterocycles. The lowest BCUT2D eigenvalue weighted by Crippen LogP contribution is -2.47. The Kier molecular flexibility index (Phi) is 3.82. The summed E-state index contributed by atoms with van der Waals surface area (Å²) in [5.74, 6) is 0.0617. The van der Waals surface area contributed by atoms with Crippen molar-refractivity contribution in [2.24, 2.45) is 0 Å². The van der Waals surface area contributed by atoms with Crippen LogP contribution < -0.4 is 0 Å². The van der Waals surface area contributed by atoms with Gasteiger partial charge in [-0.15, -0.1) is 11.3 Å². The van der Waals surface area contributed by atoms with Crippen molar-refractivity contribution in [1.82, 2.24) is 19.9 Å². The number of hydrogen-bond acceptors (Lipinski definition) is 6. The first-order valence-corrected chi connectivity index (χ1v) is 8.79. The largest absolute Gasteiger partial charge is 0.356 e. The molecule has 1 aromatic carbocycles. The van der Waals surface area contributed by atoms with Gasteiger partial charge in [0, 0.05) is 37.1 Å². The Hall–Kier alpha value is -2.25. The van der Waals surface area contributed by atoms with E-state index >= 15 is 0 Å². The Morgan fingerprint density at radius 2 is 2.04 bits per heavy atom. The first-order valence-electron chi connectivity index (χ1n) is 7.91. The summed E-state index contributed by atoms with van der Waals surface area (Å²) in [7, 11) is 2.08. The van der Waals surface area contributed by atoms with Crippen LogP contribution in [0.5, 0.6) is 0 Å². The van der Waals surface area contributed by atoms with Crippen LogP contribution in [0.2, 0.25) is 0 Å². The zero-order chi connectivity index (χ0) is 16.7. The molecule has 0 saturated carbocycles. The van der Waals surface area contributed by atoms with Crippen LogP contribution in [0, 0.1) is 6.92 Å². The highest BCUT2D eigenvalue weighted by Crippen LogP contribution is 2.29. The molecule has 3 aromatic rings. The molecule has 1 amide bonds. The number of fused-ring (bicyclic) bond motifs is 1. The summed E-state index contributed by atoms with van der Waals surface area (Å²) in [5.41, 5.74) is 2.83. The molecule has 0 radical (unpaired) electrons. The van der Waals surface area contributed by atoms with E-state index < -0.39 is 0 Å². The van der Waals surface area contributed by atoms with Gasteiger partial charge in [0.2, 0.25) is 0 Å². The molecule has 24 heavy (non-hydrogen) atoms. The van der Waals surface area contributed by atoms with Crippen molar-refractivity contribution in [3.8, 4) is 11.4 Å². The molecule has 1 saturated heterocycles. The van der Waals surface area contributed by atoms with Gasteiger partial charge in [0.25, 0.3) is 5.91 Å². The summed E-state index contributed by atoms with van der Waals surface area (Å²) < 4.78 is 5.39. The zero-order valence-corrected chi connectivity index (χ0v) is 14.5. The minimum absolute atomic E-state index is 0.0617. The summed E-state index contributed by atoms with van der Waals surface area (Å²) in [6, 6.07) is 5.50. The van der Waals surface area contributed by atoms with Crippen LogP contribution in [0.3, 0.4) is 0 Å². The van der Waals surface area contributed by atoms with Crippen LogP contribution >= 0.6 is 11.3 Å². The van der Waals surface area contributed by atoms with Crippen molar-refractivity contribution in [2.45, 2.75) is 6.92 Å². The van der Waals surface area contributed by atoms with Gasteiger partial charge in [0.05, 0.1) is 10.4 Å². The number of carbonyl (C=O) groups is 1. The second-order valence-corrected chi connectivity index (χ2v) is 7.15. The molecule has 1 aliphatic rings. The molecule has 2 aromatic heterocycles. The third-order valence-corrected chi connectivity index (χ3v) is 5.14. The number of aryl methyl sites for hydroxylation is 1. The minimum atomic E-state index is 0.0617. The van der Waals surface area contributed by atoms with E-state index in [2.05, 4.69) is 22.1 Å². The van der Waals surface area contributed by atoms with E-state index in [4.69, 9.17) is 4.52 Å². The molecule has 1 fully saturated rings. The number of amides is 1. The molecule has 0 aliphatic carbocycles. The molecule has 0 atom stereocenters. The van der Waals surface area contributed by atoms with Gasteiger partial charge in [0.1, 0.15) is 11.4 Å². The Morgan fingerprint density at radius 3 is 2.75 bits per heavy atom. The second kappa shape index (κ2) is 5.99. The summed E-state index contributed by atoms with van der Waals surface area (Å²) in [6.07, 6.45) is 0. The topological polar surface area (TPSA) is 62.5 Å². The van der Waals surface area contributed by atoms with Crippen molar-refractivity contribution in [2.75, 3.05) is 33.2 Å². The lowest BCUT2D eigenvalue weighted by molar-refractivity contribution is 0.0664. The molecule has 0 bridgehead atoms. The second-order valence-electron chi connectivity index (χ2n) is 6.09. The fourth-order valence-electron chi connectivity index (χ4n) is 2.92. The van der Waals surface area contributed by atoms with Crippen molar-refractivity contribution in [3.05, 3.63) is 34.2 Å². The number of aromatic nitrogens is 2. The number of likely N-dealkylation sites (N-methyl/N-ethyl adjacent to an activating group) is 1. The SMILES string of the molecule is Cc1nc(-c2noc3ccc(C(=O)N4CCN(C)CC4)cc23)cs1. The van der Waals surface area contributed by atoms with Gasteiger partial charge in [-0.05, 0) is 32.2 Å². The maximum Gasteiger partial charge on any atom is 0.253 e. The number of thiazole rings is 1. The molecule has 0 spiro atoms. The van der Waals surface area contributed by atoms with Crippen molar-refractivity contribution in [1.29, 1.82) is 0 Å². The van der Waals surface area contributed by atoms with E-state index in [9.17, 15) is 4.79 Å². The highest BCUT2D eigenvalue weighted by Gasteiger charge is 2.22. The van der Waals surface area contributed by atoms with Crippen LogP contribution in [0.4, 0.5) is 0 Å². The number of piperazine rings is 1.